The van der Waals surface area contributed by atoms with Crippen molar-refractivity contribution in [3.63, 3.8) is 0 Å². The van der Waals surface area contributed by atoms with Crippen molar-refractivity contribution < 1.29 is 63.1 Å². The van der Waals surface area contributed by atoms with Crippen LogP contribution in [-0.2, 0) is 32.7 Å². The first-order valence-electron chi connectivity index (χ1n) is 26.3. The molecule has 0 saturated heterocycles. The number of ether oxygens (including phenoxy) is 2. The zero-order valence-electron chi connectivity index (χ0n) is 43.0. The monoisotopic (exact) mass is 1010 g/mol. The second-order valence-corrected chi connectivity index (χ2v) is 19.0. The van der Waals surface area contributed by atoms with E-state index < -0.39 is 75.7 Å². The number of hydrogen-bond acceptors (Lipinski definition) is 12. The van der Waals surface area contributed by atoms with Crippen molar-refractivity contribution in [2.75, 3.05) is 13.2 Å². The lowest BCUT2D eigenvalue weighted by Gasteiger charge is -2.41. The lowest BCUT2D eigenvalue weighted by Crippen LogP contribution is -2.64. The molecular weight excluding hydrogens is 924 g/mol. The van der Waals surface area contributed by atoms with E-state index in [9.17, 15) is 44.6 Å². The average molecular weight is 1020 g/mol. The Labute approximate surface area is 426 Å². The van der Waals surface area contributed by atoms with Crippen LogP contribution in [0.2, 0.25) is 0 Å². The van der Waals surface area contributed by atoms with Crippen LogP contribution in [0.15, 0.2) is 122 Å². The minimum absolute atomic E-state index is 0.0366. The minimum Gasteiger partial charge on any atom is -0.462 e. The predicted molar refractivity (Wildman–Crippen MR) is 285 cm³/mol. The summed E-state index contributed by atoms with van der Waals surface area (Å²) in [7, 11) is -5.15. The molecule has 1 aliphatic rings. The molecular formula is C57H91O13P. The third kappa shape index (κ3) is 36.8. The molecule has 0 aromatic heterocycles. The number of carbonyl (C=O) groups excluding carboxylic acids is 2. The van der Waals surface area contributed by atoms with Crippen molar-refractivity contribution in [2.24, 2.45) is 0 Å². The Kier molecular flexibility index (Phi) is 41.3. The maximum Gasteiger partial charge on any atom is 0.472 e. The number of unbranched alkanes of at least 4 members (excludes halogenated alkanes) is 10. The van der Waals surface area contributed by atoms with Crippen LogP contribution in [0.3, 0.4) is 0 Å². The van der Waals surface area contributed by atoms with Crippen LogP contribution in [-0.4, -0.2) is 98.3 Å². The number of phosphoric acid groups is 1. The van der Waals surface area contributed by atoms with E-state index in [1.54, 1.807) is 0 Å². The molecule has 0 heterocycles. The zero-order chi connectivity index (χ0) is 52.1. The van der Waals surface area contributed by atoms with Crippen molar-refractivity contribution >= 4 is 19.8 Å². The van der Waals surface area contributed by atoms with Crippen LogP contribution < -0.4 is 0 Å². The van der Waals surface area contributed by atoms with Gasteiger partial charge in [0.25, 0.3) is 0 Å². The van der Waals surface area contributed by atoms with E-state index >= 15 is 0 Å². The zero-order valence-corrected chi connectivity index (χ0v) is 43.9. The standard InChI is InChI=1S/C57H91O13P/c1-3-5-7-9-11-13-15-17-19-21-23-24-25-26-28-29-31-33-35-37-39-41-43-45-50(58)67-47-49(48-68-71(65,66)70-57-55(63)53(61)52(60)54(62)56(57)64)69-51(59)46-44-42-40-38-36-34-32-30-27-22-20-18-16-14-12-10-8-6-4-2/h5-8,11-14,17-20,23-24,27,30,34,36,40,42,49,52-57,60-64H,3-4,9-10,15-16,21-22,25-26,28-29,31-33,35,37-39,41,43-48H2,1-2H3,(H,65,66)/b7-5-,8-6-,13-11-,14-12-,19-17-,20-18-,24-23-,30-27-,36-34-,42-40-. The Morgan fingerprint density at radius 2 is 0.789 bits per heavy atom. The van der Waals surface area contributed by atoms with E-state index in [4.69, 9.17) is 18.5 Å². The molecule has 0 aliphatic heterocycles. The van der Waals surface area contributed by atoms with Gasteiger partial charge in [-0.3, -0.25) is 18.6 Å². The Bertz CT molecular complexity index is 1690. The summed E-state index contributed by atoms with van der Waals surface area (Å²) in [5.41, 5.74) is 0. The molecule has 1 fully saturated rings. The van der Waals surface area contributed by atoms with Gasteiger partial charge >= 0.3 is 19.8 Å². The third-order valence-corrected chi connectivity index (χ3v) is 12.3. The van der Waals surface area contributed by atoms with Gasteiger partial charge in [-0.15, -0.1) is 0 Å². The van der Waals surface area contributed by atoms with Gasteiger partial charge in [0.15, 0.2) is 6.10 Å². The maximum atomic E-state index is 12.9. The highest BCUT2D eigenvalue weighted by Crippen LogP contribution is 2.47. The van der Waals surface area contributed by atoms with E-state index in [-0.39, 0.29) is 12.8 Å². The molecule has 14 heteroatoms. The number of phosphoric ester groups is 1. The second kappa shape index (κ2) is 44.9. The molecule has 0 aromatic rings. The summed E-state index contributed by atoms with van der Waals surface area (Å²) in [6.07, 6.45) is 51.1. The third-order valence-electron chi connectivity index (χ3n) is 11.3. The summed E-state index contributed by atoms with van der Waals surface area (Å²) in [4.78, 5) is 35.8. The number of esters is 2. The molecule has 71 heavy (non-hydrogen) atoms. The van der Waals surface area contributed by atoms with Crippen molar-refractivity contribution in [1.29, 1.82) is 0 Å². The van der Waals surface area contributed by atoms with Gasteiger partial charge < -0.3 is 39.9 Å². The Morgan fingerprint density at radius 1 is 0.437 bits per heavy atom. The predicted octanol–water partition coefficient (Wildman–Crippen LogP) is 11.7. The summed E-state index contributed by atoms with van der Waals surface area (Å²) in [6, 6.07) is 0. The normalized spacial score (nSPS) is 21.6. The fraction of sp³-hybridized carbons (Fsp3) is 0.614. The lowest BCUT2D eigenvalue weighted by molar-refractivity contribution is -0.220. The second-order valence-electron chi connectivity index (χ2n) is 17.6. The number of carbonyl (C=O) groups is 2. The molecule has 0 spiro atoms. The quantitative estimate of drug-likeness (QED) is 0.0146. The molecule has 1 saturated carbocycles. The first kappa shape index (κ1) is 65.3. The fourth-order valence-corrected chi connectivity index (χ4v) is 8.16. The van der Waals surface area contributed by atoms with E-state index in [1.165, 1.54) is 32.1 Å². The van der Waals surface area contributed by atoms with Crippen LogP contribution in [0.1, 0.15) is 168 Å². The lowest BCUT2D eigenvalue weighted by atomic mass is 9.85. The average Bonchev–Trinajstić information content (AvgIpc) is 3.35. The molecule has 1 rings (SSSR count). The molecule has 6 atom stereocenters. The number of aliphatic hydroxyl groups excluding tert-OH is 5. The van der Waals surface area contributed by atoms with Crippen LogP contribution >= 0.6 is 7.82 Å². The van der Waals surface area contributed by atoms with Gasteiger partial charge in [-0.05, 0) is 89.9 Å². The highest BCUT2D eigenvalue weighted by Gasteiger charge is 2.51. The van der Waals surface area contributed by atoms with Crippen LogP contribution in [0.5, 0.6) is 0 Å². The minimum atomic E-state index is -5.15. The van der Waals surface area contributed by atoms with Crippen LogP contribution in [0.4, 0.5) is 0 Å². The Hall–Kier alpha value is -3.75. The van der Waals surface area contributed by atoms with Crippen LogP contribution in [0.25, 0.3) is 0 Å². The van der Waals surface area contributed by atoms with Gasteiger partial charge in [-0.2, -0.15) is 0 Å². The van der Waals surface area contributed by atoms with Crippen LogP contribution in [0, 0.1) is 0 Å². The van der Waals surface area contributed by atoms with Gasteiger partial charge in [0.2, 0.25) is 0 Å². The van der Waals surface area contributed by atoms with Crippen molar-refractivity contribution in [1.82, 2.24) is 0 Å². The molecule has 402 valence electrons. The molecule has 0 aromatic carbocycles. The topological polar surface area (TPSA) is 210 Å². The summed E-state index contributed by atoms with van der Waals surface area (Å²) in [5, 5.41) is 50.3. The molecule has 6 unspecified atom stereocenters. The number of aliphatic hydroxyl groups is 5. The van der Waals surface area contributed by atoms with Crippen molar-refractivity contribution in [2.45, 2.75) is 211 Å². The summed E-state index contributed by atoms with van der Waals surface area (Å²) < 4.78 is 33.6. The summed E-state index contributed by atoms with van der Waals surface area (Å²) >= 11 is 0. The molecule has 0 amide bonds. The summed E-state index contributed by atoms with van der Waals surface area (Å²) in [6.45, 7) is 3.01. The number of allylic oxidation sites excluding steroid dienone is 20. The van der Waals surface area contributed by atoms with E-state index in [2.05, 4.69) is 117 Å². The number of hydrogen-bond donors (Lipinski definition) is 6. The SMILES string of the molecule is CC/C=C\C/C=C\C/C=C\C/C=C\C/C=C\C/C=C\CCC(=O)OC(COC(=O)CCCCCCCCCCCC/C=C\C/C=C\C/C=C\C/C=C\CC)COP(=O)(O)OC1C(O)C(O)C(O)C(O)C1O. The Morgan fingerprint density at radius 3 is 1.21 bits per heavy atom. The van der Waals surface area contributed by atoms with Gasteiger partial charge in [0.1, 0.15) is 43.2 Å². The summed E-state index contributed by atoms with van der Waals surface area (Å²) in [5.74, 6) is -1.21. The molecule has 1 aliphatic carbocycles. The van der Waals surface area contributed by atoms with E-state index in [0.717, 1.165) is 89.9 Å². The Balaban J connectivity index is 2.43. The van der Waals surface area contributed by atoms with E-state index in [1.807, 2.05) is 18.2 Å². The molecule has 6 N–H and O–H groups in total. The molecule has 13 nitrogen and oxygen atoms in total. The fourth-order valence-electron chi connectivity index (χ4n) is 7.19. The number of rotatable bonds is 42. The van der Waals surface area contributed by atoms with Crippen molar-refractivity contribution in [3.8, 4) is 0 Å². The first-order chi connectivity index (χ1) is 34.4. The van der Waals surface area contributed by atoms with Gasteiger partial charge in [0, 0.05) is 12.8 Å². The smallest absolute Gasteiger partial charge is 0.462 e. The first-order valence-corrected chi connectivity index (χ1v) is 27.8. The molecule has 0 bridgehead atoms. The molecule has 0 radical (unpaired) electrons. The highest BCUT2D eigenvalue weighted by atomic mass is 31.2. The van der Waals surface area contributed by atoms with Gasteiger partial charge in [0.05, 0.1) is 6.61 Å². The highest BCUT2D eigenvalue weighted by molar-refractivity contribution is 7.47. The van der Waals surface area contributed by atoms with Crippen molar-refractivity contribution in [3.05, 3.63) is 122 Å². The van der Waals surface area contributed by atoms with Gasteiger partial charge in [-0.25, -0.2) is 4.57 Å². The van der Waals surface area contributed by atoms with E-state index in [0.29, 0.717) is 19.3 Å². The van der Waals surface area contributed by atoms with Gasteiger partial charge in [-0.1, -0.05) is 187 Å². The largest absolute Gasteiger partial charge is 0.472 e. The maximum absolute atomic E-state index is 12.9.